The smallest absolute Gasteiger partial charge is 0.305 e. The lowest BCUT2D eigenvalue weighted by Crippen LogP contribution is -2.26. The molecule has 2 amide bonds. The molecule has 10 nitrogen and oxygen atoms in total. The monoisotopic (exact) mass is 504 g/mol. The Balaban J connectivity index is 1.66. The number of halogens is 1. The van der Waals surface area contributed by atoms with Gasteiger partial charge in [0.25, 0.3) is 5.91 Å². The highest BCUT2D eigenvalue weighted by Gasteiger charge is 2.32. The number of hydrogen-bond acceptors (Lipinski definition) is 8. The number of ether oxygens (including phenoxy) is 2. The molecule has 2 aromatic rings. The Morgan fingerprint density at radius 3 is 2.68 bits per heavy atom. The van der Waals surface area contributed by atoms with Crippen LogP contribution in [0.2, 0.25) is 5.02 Å². The highest BCUT2D eigenvalue weighted by atomic mass is 35.5. The Hall–Kier alpha value is -3.57. The third kappa shape index (κ3) is 7.22. The van der Waals surface area contributed by atoms with Crippen molar-refractivity contribution in [3.05, 3.63) is 53.1 Å². The molecule has 1 aliphatic rings. The summed E-state index contributed by atoms with van der Waals surface area (Å²) in [4.78, 5) is 34.7. The molecule has 2 aromatic carbocycles. The number of thioether (sulfide) groups is 1. The summed E-state index contributed by atoms with van der Waals surface area (Å²) in [5.74, 6) is -1.21. The average Bonchev–Trinajstić information content (AvgIpc) is 3.13. The van der Waals surface area contributed by atoms with Crippen LogP contribution in [0.3, 0.4) is 0 Å². The molecule has 3 N–H and O–H groups in total. The molecular formula is C22H21ClN4O6S. The van der Waals surface area contributed by atoms with Crippen LogP contribution in [0.15, 0.2) is 52.7 Å². The predicted octanol–water partition coefficient (Wildman–Crippen LogP) is 3.15. The number of anilines is 1. The number of rotatable bonds is 10. The Labute approximate surface area is 204 Å². The van der Waals surface area contributed by atoms with Gasteiger partial charge in [0, 0.05) is 17.3 Å². The summed E-state index contributed by atoms with van der Waals surface area (Å²) in [5.41, 5.74) is 1.12. The number of carboxylic acids is 1. The number of amides is 2. The minimum Gasteiger partial charge on any atom is -0.490 e. The number of amidine groups is 1. The highest BCUT2D eigenvalue weighted by molar-refractivity contribution is 8.15. The predicted molar refractivity (Wildman–Crippen MR) is 130 cm³/mol. The van der Waals surface area contributed by atoms with Crippen LogP contribution in [0.5, 0.6) is 11.5 Å². The van der Waals surface area contributed by atoms with Crippen molar-refractivity contribution in [1.82, 2.24) is 5.32 Å². The minimum atomic E-state index is -1.08. The van der Waals surface area contributed by atoms with Gasteiger partial charge in [-0.05, 0) is 25.1 Å². The molecular weight excluding hydrogens is 484 g/mol. The molecule has 0 aromatic heterocycles. The van der Waals surface area contributed by atoms with Crippen LogP contribution in [-0.4, -0.2) is 52.7 Å². The van der Waals surface area contributed by atoms with Crippen molar-refractivity contribution in [3.63, 3.8) is 0 Å². The summed E-state index contributed by atoms with van der Waals surface area (Å²) < 4.78 is 11.2. The van der Waals surface area contributed by atoms with Crippen molar-refractivity contribution in [3.8, 4) is 11.5 Å². The zero-order valence-electron chi connectivity index (χ0n) is 18.0. The molecule has 0 aliphatic carbocycles. The van der Waals surface area contributed by atoms with Crippen LogP contribution in [0.4, 0.5) is 5.69 Å². The third-order valence-corrected chi connectivity index (χ3v) is 5.66. The van der Waals surface area contributed by atoms with E-state index < -0.39 is 17.1 Å². The molecule has 0 saturated carbocycles. The van der Waals surface area contributed by atoms with E-state index in [1.807, 2.05) is 18.2 Å². The molecule has 1 unspecified atom stereocenters. The highest BCUT2D eigenvalue weighted by Crippen LogP contribution is 2.33. The summed E-state index contributed by atoms with van der Waals surface area (Å²) in [5, 5.41) is 21.6. The van der Waals surface area contributed by atoms with Crippen LogP contribution in [-0.2, 0) is 14.4 Å². The van der Waals surface area contributed by atoms with Crippen LogP contribution in [0, 0.1) is 0 Å². The lowest BCUT2D eigenvalue weighted by atomic mass is 10.2. The third-order valence-electron chi connectivity index (χ3n) is 4.26. The number of para-hydroxylation sites is 1. The van der Waals surface area contributed by atoms with Crippen molar-refractivity contribution < 1.29 is 29.0 Å². The first-order valence-corrected chi connectivity index (χ1v) is 11.4. The summed E-state index contributed by atoms with van der Waals surface area (Å²) in [6.45, 7) is 1.90. The number of carboxylic acid groups (broad SMARTS) is 1. The van der Waals surface area contributed by atoms with Crippen LogP contribution in [0.25, 0.3) is 0 Å². The molecule has 0 spiro atoms. The number of carbonyl (C=O) groups is 3. The molecule has 3 rings (SSSR count). The van der Waals surface area contributed by atoms with Gasteiger partial charge in [-0.1, -0.05) is 41.6 Å². The van der Waals surface area contributed by atoms with E-state index in [4.69, 9.17) is 26.2 Å². The topological polar surface area (TPSA) is 139 Å². The van der Waals surface area contributed by atoms with Gasteiger partial charge in [0.15, 0.2) is 23.3 Å². The normalized spacial score (nSPS) is 16.5. The number of nitrogens with one attached hydrogen (secondary N) is 2. The second kappa shape index (κ2) is 12.1. The van der Waals surface area contributed by atoms with E-state index in [9.17, 15) is 14.4 Å². The van der Waals surface area contributed by atoms with E-state index in [2.05, 4.69) is 20.8 Å². The molecule has 34 heavy (non-hydrogen) atoms. The fourth-order valence-electron chi connectivity index (χ4n) is 2.78. The van der Waals surface area contributed by atoms with Gasteiger partial charge >= 0.3 is 5.97 Å². The van der Waals surface area contributed by atoms with Gasteiger partial charge in [0.1, 0.15) is 5.25 Å². The van der Waals surface area contributed by atoms with Crippen molar-refractivity contribution in [2.24, 2.45) is 10.2 Å². The summed E-state index contributed by atoms with van der Waals surface area (Å²) in [7, 11) is 0. The van der Waals surface area contributed by atoms with Crippen molar-refractivity contribution in [2.45, 2.75) is 18.6 Å². The van der Waals surface area contributed by atoms with Gasteiger partial charge in [-0.25, -0.2) is 0 Å². The first-order chi connectivity index (χ1) is 16.4. The maximum absolute atomic E-state index is 12.2. The van der Waals surface area contributed by atoms with E-state index >= 15 is 0 Å². The average molecular weight is 505 g/mol. The Morgan fingerprint density at radius 1 is 1.24 bits per heavy atom. The van der Waals surface area contributed by atoms with Crippen LogP contribution in [0.1, 0.15) is 18.9 Å². The molecule has 1 fully saturated rings. The van der Waals surface area contributed by atoms with Crippen molar-refractivity contribution in [1.29, 1.82) is 0 Å². The number of hydrogen-bond donors (Lipinski definition) is 3. The van der Waals surface area contributed by atoms with Crippen LogP contribution < -0.4 is 20.1 Å². The number of aliphatic carboxylic acids is 1. The van der Waals surface area contributed by atoms with Gasteiger partial charge in [0.2, 0.25) is 5.91 Å². The number of carbonyl (C=O) groups excluding carboxylic acids is 2. The number of nitrogens with zero attached hydrogens (tertiary/aromatic N) is 2. The zero-order valence-corrected chi connectivity index (χ0v) is 19.6. The zero-order chi connectivity index (χ0) is 24.5. The van der Waals surface area contributed by atoms with Gasteiger partial charge < -0.3 is 25.2 Å². The van der Waals surface area contributed by atoms with Gasteiger partial charge in [-0.15, -0.1) is 5.10 Å². The quantitative estimate of drug-likeness (QED) is 0.333. The SMILES string of the molecule is CCOc1cc(C=NN=C2NC(=O)C(CC(=O)O)S2)c(Cl)cc1OCC(=O)Nc1ccccc1. The van der Waals surface area contributed by atoms with Crippen molar-refractivity contribution in [2.75, 3.05) is 18.5 Å². The lowest BCUT2D eigenvalue weighted by Gasteiger charge is -2.13. The molecule has 1 aliphatic heterocycles. The lowest BCUT2D eigenvalue weighted by molar-refractivity contribution is -0.138. The van der Waals surface area contributed by atoms with Gasteiger partial charge in [-0.3, -0.25) is 14.4 Å². The van der Waals surface area contributed by atoms with Gasteiger partial charge in [0.05, 0.1) is 24.3 Å². The first kappa shape index (κ1) is 25.1. The summed E-state index contributed by atoms with van der Waals surface area (Å²) in [6, 6.07) is 12.1. The second-order valence-electron chi connectivity index (χ2n) is 6.80. The molecule has 1 atom stereocenters. The largest absolute Gasteiger partial charge is 0.490 e. The fourth-order valence-corrected chi connectivity index (χ4v) is 3.90. The maximum atomic E-state index is 12.2. The van der Waals surface area contributed by atoms with E-state index in [1.54, 1.807) is 25.1 Å². The maximum Gasteiger partial charge on any atom is 0.305 e. The Bertz CT molecular complexity index is 1130. The van der Waals surface area contributed by atoms with Crippen molar-refractivity contribution >= 4 is 58.2 Å². The number of benzene rings is 2. The minimum absolute atomic E-state index is 0.193. The first-order valence-electron chi connectivity index (χ1n) is 10.1. The summed E-state index contributed by atoms with van der Waals surface area (Å²) in [6.07, 6.45) is 1.05. The standard InChI is InChI=1S/C22H21ClN4O6S/c1-2-32-16-8-13(11-24-27-22-26-21(31)18(34-22)10-20(29)30)15(23)9-17(16)33-12-19(28)25-14-6-4-3-5-7-14/h3-9,11,18H,2,10,12H2,1H3,(H,25,28)(H,29,30)(H,26,27,31). The Kier molecular flexibility index (Phi) is 8.88. The molecule has 178 valence electrons. The van der Waals surface area contributed by atoms with Gasteiger partial charge in [-0.2, -0.15) is 5.10 Å². The van der Waals surface area contributed by atoms with E-state index in [0.717, 1.165) is 11.8 Å². The summed E-state index contributed by atoms with van der Waals surface area (Å²) >= 11 is 7.32. The molecule has 0 radical (unpaired) electrons. The molecule has 12 heteroatoms. The Morgan fingerprint density at radius 2 is 1.97 bits per heavy atom. The van der Waals surface area contributed by atoms with Crippen LogP contribution >= 0.6 is 23.4 Å². The van der Waals surface area contributed by atoms with E-state index in [1.165, 1.54) is 12.3 Å². The molecule has 0 bridgehead atoms. The fraction of sp³-hybridized carbons (Fsp3) is 0.227. The molecule has 1 heterocycles. The second-order valence-corrected chi connectivity index (χ2v) is 8.40. The van der Waals surface area contributed by atoms with E-state index in [0.29, 0.717) is 23.6 Å². The van der Waals surface area contributed by atoms with E-state index in [-0.39, 0.29) is 34.9 Å². The molecule has 1 saturated heterocycles.